The predicted octanol–water partition coefficient (Wildman–Crippen LogP) is 5.81. The molecule has 0 saturated heterocycles. The van der Waals surface area contributed by atoms with Crippen LogP contribution >= 0.6 is 11.6 Å². The van der Waals surface area contributed by atoms with Crippen LogP contribution in [0.5, 0.6) is 5.75 Å². The van der Waals surface area contributed by atoms with Crippen molar-refractivity contribution in [2.75, 3.05) is 6.61 Å². The normalized spacial score (nSPS) is 14.6. The van der Waals surface area contributed by atoms with Crippen molar-refractivity contribution in [2.45, 2.75) is 57.2 Å². The van der Waals surface area contributed by atoms with Crippen molar-refractivity contribution in [3.63, 3.8) is 0 Å². The second kappa shape index (κ2) is 13.1. The Balaban J connectivity index is 1.60. The summed E-state index contributed by atoms with van der Waals surface area (Å²) >= 11 is 6.09. The molecule has 2 amide bonds. The van der Waals surface area contributed by atoms with E-state index in [-0.39, 0.29) is 31.0 Å². The number of rotatable bonds is 10. The van der Waals surface area contributed by atoms with Gasteiger partial charge >= 0.3 is 0 Å². The molecule has 0 radical (unpaired) electrons. The van der Waals surface area contributed by atoms with E-state index in [9.17, 15) is 9.59 Å². The van der Waals surface area contributed by atoms with Gasteiger partial charge in [-0.15, -0.1) is 0 Å². The van der Waals surface area contributed by atoms with Gasteiger partial charge in [-0.25, -0.2) is 0 Å². The van der Waals surface area contributed by atoms with Gasteiger partial charge in [-0.1, -0.05) is 91.5 Å². The topological polar surface area (TPSA) is 58.6 Å². The number of amides is 2. The third-order valence-corrected chi connectivity index (χ3v) is 6.85. The monoisotopic (exact) mass is 504 g/mol. The fourth-order valence-electron chi connectivity index (χ4n) is 4.63. The van der Waals surface area contributed by atoms with E-state index in [2.05, 4.69) is 5.32 Å². The quantitative estimate of drug-likeness (QED) is 0.379. The minimum atomic E-state index is -0.670. The summed E-state index contributed by atoms with van der Waals surface area (Å²) in [5.41, 5.74) is 1.90. The summed E-state index contributed by atoms with van der Waals surface area (Å²) in [5, 5.41) is 3.87. The zero-order chi connectivity index (χ0) is 25.2. The average Bonchev–Trinajstić information content (AvgIpc) is 2.92. The second-order valence-electron chi connectivity index (χ2n) is 9.30. The first-order valence-corrected chi connectivity index (χ1v) is 13.0. The zero-order valence-corrected chi connectivity index (χ0v) is 21.2. The molecule has 1 aliphatic carbocycles. The van der Waals surface area contributed by atoms with Crippen LogP contribution in [0.3, 0.4) is 0 Å². The third-order valence-electron chi connectivity index (χ3n) is 6.59. The highest BCUT2D eigenvalue weighted by molar-refractivity contribution is 6.30. The second-order valence-corrected chi connectivity index (χ2v) is 9.74. The molecule has 1 fully saturated rings. The Labute approximate surface area is 218 Å². The molecule has 0 aliphatic heterocycles. The van der Waals surface area contributed by atoms with Gasteiger partial charge in [0.1, 0.15) is 11.8 Å². The van der Waals surface area contributed by atoms with Crippen molar-refractivity contribution in [3.8, 4) is 5.75 Å². The number of nitrogens with zero attached hydrogens (tertiary/aromatic N) is 1. The SMILES string of the molecule is O=C(NC1CCCCC1)[C@H](Cc1ccccc1)N(Cc1ccc(Cl)cc1)C(=O)COc1ccccc1. The smallest absolute Gasteiger partial charge is 0.261 e. The summed E-state index contributed by atoms with van der Waals surface area (Å²) in [6.45, 7) is 0.128. The van der Waals surface area contributed by atoms with Crippen LogP contribution in [0.25, 0.3) is 0 Å². The Morgan fingerprint density at radius 2 is 1.50 bits per heavy atom. The number of hydrogen-bond donors (Lipinski definition) is 1. The summed E-state index contributed by atoms with van der Waals surface area (Å²) in [5.74, 6) is 0.255. The van der Waals surface area contributed by atoms with Gasteiger partial charge in [0.05, 0.1) is 0 Å². The number of hydrogen-bond acceptors (Lipinski definition) is 3. The van der Waals surface area contributed by atoms with E-state index in [1.807, 2.05) is 72.8 Å². The zero-order valence-electron chi connectivity index (χ0n) is 20.4. The Morgan fingerprint density at radius 3 is 2.17 bits per heavy atom. The summed E-state index contributed by atoms with van der Waals surface area (Å²) in [4.78, 5) is 29.0. The van der Waals surface area contributed by atoms with E-state index < -0.39 is 6.04 Å². The molecule has 0 spiro atoms. The lowest BCUT2D eigenvalue weighted by Crippen LogP contribution is -2.53. The first-order valence-electron chi connectivity index (χ1n) is 12.6. The van der Waals surface area contributed by atoms with E-state index in [4.69, 9.17) is 16.3 Å². The molecule has 1 N–H and O–H groups in total. The molecule has 5 nitrogen and oxygen atoms in total. The van der Waals surface area contributed by atoms with Crippen molar-refractivity contribution in [2.24, 2.45) is 0 Å². The molecule has 0 aromatic heterocycles. The number of nitrogens with one attached hydrogen (secondary N) is 1. The van der Waals surface area contributed by atoms with Gasteiger partial charge < -0.3 is 15.0 Å². The van der Waals surface area contributed by atoms with Gasteiger partial charge in [0.2, 0.25) is 5.91 Å². The van der Waals surface area contributed by atoms with Gasteiger partial charge in [0, 0.05) is 24.0 Å². The Kier molecular flexibility index (Phi) is 9.40. The molecule has 188 valence electrons. The summed E-state index contributed by atoms with van der Waals surface area (Å²) in [6, 6.07) is 25.9. The van der Waals surface area contributed by atoms with E-state index in [0.29, 0.717) is 17.2 Å². The highest BCUT2D eigenvalue weighted by Crippen LogP contribution is 2.20. The molecule has 1 atom stereocenters. The first-order chi connectivity index (χ1) is 17.6. The van der Waals surface area contributed by atoms with Crippen LogP contribution in [0, 0.1) is 0 Å². The summed E-state index contributed by atoms with van der Waals surface area (Å²) < 4.78 is 5.79. The van der Waals surface area contributed by atoms with Gasteiger partial charge in [-0.3, -0.25) is 9.59 Å². The molecular weight excluding hydrogens is 472 g/mol. The van der Waals surface area contributed by atoms with Crippen LogP contribution in [-0.2, 0) is 22.6 Å². The van der Waals surface area contributed by atoms with Crippen LogP contribution in [0.15, 0.2) is 84.9 Å². The minimum Gasteiger partial charge on any atom is -0.484 e. The lowest BCUT2D eigenvalue weighted by atomic mass is 9.94. The van der Waals surface area contributed by atoms with Crippen LogP contribution in [-0.4, -0.2) is 35.4 Å². The standard InChI is InChI=1S/C30H33ClN2O3/c31-25-18-16-24(17-19-25)21-33(29(34)22-36-27-14-8-3-9-15-27)28(20-23-10-4-1-5-11-23)30(35)32-26-12-6-2-7-13-26/h1,3-5,8-11,14-19,26,28H,2,6-7,12-13,20-22H2,(H,32,35)/t28-/m0/s1. The largest absolute Gasteiger partial charge is 0.484 e. The van der Waals surface area contributed by atoms with Crippen molar-refractivity contribution < 1.29 is 14.3 Å². The van der Waals surface area contributed by atoms with E-state index in [1.54, 1.807) is 17.0 Å². The van der Waals surface area contributed by atoms with Gasteiger partial charge in [0.25, 0.3) is 5.91 Å². The van der Waals surface area contributed by atoms with Gasteiger partial charge in [0.15, 0.2) is 6.61 Å². The third kappa shape index (κ3) is 7.59. The molecule has 1 aliphatic rings. The molecular formula is C30H33ClN2O3. The number of benzene rings is 3. The highest BCUT2D eigenvalue weighted by atomic mass is 35.5. The van der Waals surface area contributed by atoms with Gasteiger partial charge in [-0.2, -0.15) is 0 Å². The van der Waals surface area contributed by atoms with E-state index in [1.165, 1.54) is 6.42 Å². The number of ether oxygens (including phenoxy) is 1. The Morgan fingerprint density at radius 1 is 0.861 bits per heavy atom. The van der Waals surface area contributed by atoms with E-state index in [0.717, 1.165) is 36.8 Å². The van der Waals surface area contributed by atoms with E-state index >= 15 is 0 Å². The molecule has 6 heteroatoms. The minimum absolute atomic E-state index is 0.118. The maximum Gasteiger partial charge on any atom is 0.261 e. The lowest BCUT2D eigenvalue weighted by molar-refractivity contribution is -0.143. The molecule has 4 rings (SSSR count). The van der Waals surface area contributed by atoms with Crippen LogP contribution in [0.2, 0.25) is 5.02 Å². The highest BCUT2D eigenvalue weighted by Gasteiger charge is 2.32. The van der Waals surface area contributed by atoms with Crippen molar-refractivity contribution in [1.82, 2.24) is 10.2 Å². The van der Waals surface area contributed by atoms with Crippen LogP contribution in [0.1, 0.15) is 43.2 Å². The molecule has 3 aromatic carbocycles. The number of carbonyl (C=O) groups is 2. The predicted molar refractivity (Wildman–Crippen MR) is 143 cm³/mol. The van der Waals surface area contributed by atoms with Crippen molar-refractivity contribution >= 4 is 23.4 Å². The van der Waals surface area contributed by atoms with Gasteiger partial charge in [-0.05, 0) is 48.2 Å². The van der Waals surface area contributed by atoms with Crippen LogP contribution < -0.4 is 10.1 Å². The lowest BCUT2D eigenvalue weighted by Gasteiger charge is -2.33. The molecule has 36 heavy (non-hydrogen) atoms. The molecule has 0 heterocycles. The Hall–Kier alpha value is -3.31. The summed E-state index contributed by atoms with van der Waals surface area (Å²) in [7, 11) is 0. The van der Waals surface area contributed by atoms with Crippen LogP contribution in [0.4, 0.5) is 0 Å². The molecule has 0 unspecified atom stereocenters. The first kappa shape index (κ1) is 25.8. The fourth-order valence-corrected chi connectivity index (χ4v) is 4.76. The van der Waals surface area contributed by atoms with Crippen molar-refractivity contribution in [3.05, 3.63) is 101 Å². The van der Waals surface area contributed by atoms with Crippen molar-refractivity contribution in [1.29, 1.82) is 0 Å². The maximum absolute atomic E-state index is 13.7. The molecule has 1 saturated carbocycles. The number of carbonyl (C=O) groups excluding carboxylic acids is 2. The number of para-hydroxylation sites is 1. The fraction of sp³-hybridized carbons (Fsp3) is 0.333. The number of halogens is 1. The summed E-state index contributed by atoms with van der Waals surface area (Å²) in [6.07, 6.45) is 5.82. The molecule has 0 bridgehead atoms. The Bertz CT molecular complexity index is 1100. The average molecular weight is 505 g/mol. The molecule has 3 aromatic rings. The maximum atomic E-state index is 13.7.